The Morgan fingerprint density at radius 3 is 2.24 bits per heavy atom. The number of amides is 5. The van der Waals surface area contributed by atoms with Gasteiger partial charge in [-0.15, -0.1) is 23.5 Å². The second-order valence-corrected chi connectivity index (χ2v) is 16.5. The normalized spacial score (nSPS) is 19.7. The van der Waals surface area contributed by atoms with Crippen LogP contribution in [-0.2, 0) is 24.0 Å². The Hall–Kier alpha value is -3.33. The summed E-state index contributed by atoms with van der Waals surface area (Å²) in [6, 6.07) is -1.95. The number of carbonyl (C=O) groups is 7. The smallest absolute Gasteiger partial charge is 0.289 e. The molecule has 5 N–H and O–H groups in total. The summed E-state index contributed by atoms with van der Waals surface area (Å²) in [6.07, 6.45) is 3.02. The van der Waals surface area contributed by atoms with Crippen LogP contribution in [0.25, 0.3) is 0 Å². The summed E-state index contributed by atoms with van der Waals surface area (Å²) in [5.41, 5.74) is 0.880. The molecule has 2 unspecified atom stereocenters. The average molecular weight is 677 g/mol. The molecule has 3 fully saturated rings. The third kappa shape index (κ3) is 8.33. The highest BCUT2D eigenvalue weighted by Gasteiger charge is 2.52. The molecule has 1 aromatic heterocycles. The minimum absolute atomic E-state index is 0.00745. The number of nitrogens with zero attached hydrogens (tertiary/aromatic N) is 1. The highest BCUT2D eigenvalue weighted by molar-refractivity contribution is 8.18. The van der Waals surface area contributed by atoms with Crippen molar-refractivity contribution in [3.63, 3.8) is 0 Å². The van der Waals surface area contributed by atoms with Crippen LogP contribution < -0.4 is 21.3 Å². The van der Waals surface area contributed by atoms with Gasteiger partial charge in [-0.05, 0) is 62.5 Å². The molecule has 2 saturated heterocycles. The number of nitrogens with one attached hydrogen (secondary N) is 5. The van der Waals surface area contributed by atoms with Gasteiger partial charge in [0.15, 0.2) is 5.78 Å². The van der Waals surface area contributed by atoms with E-state index in [1.165, 1.54) is 11.8 Å². The summed E-state index contributed by atoms with van der Waals surface area (Å²) < 4.78 is -0.412. The lowest BCUT2D eigenvalue weighted by Gasteiger charge is -2.36. The van der Waals surface area contributed by atoms with E-state index >= 15 is 0 Å². The molecule has 3 aliphatic rings. The van der Waals surface area contributed by atoms with Gasteiger partial charge in [-0.2, -0.15) is 0 Å². The van der Waals surface area contributed by atoms with Crippen LogP contribution in [0.4, 0.5) is 0 Å². The summed E-state index contributed by atoms with van der Waals surface area (Å²) >= 11 is 3.41. The van der Waals surface area contributed by atoms with Crippen molar-refractivity contribution in [1.29, 1.82) is 0 Å². The van der Waals surface area contributed by atoms with Gasteiger partial charge in [-0.1, -0.05) is 20.8 Å². The van der Waals surface area contributed by atoms with Crippen LogP contribution in [0.3, 0.4) is 0 Å². The zero-order valence-electron chi connectivity index (χ0n) is 27.2. The van der Waals surface area contributed by atoms with Crippen LogP contribution in [-0.4, -0.2) is 104 Å². The molecule has 15 heteroatoms. The number of Topliss-reactive ketones (excluding diaryl/α,β-unsaturated/α-hetero) is 2. The summed E-state index contributed by atoms with van der Waals surface area (Å²) in [6.45, 7) is 9.56. The minimum Gasteiger partial charge on any atom is -0.354 e. The summed E-state index contributed by atoms with van der Waals surface area (Å²) in [5, 5.41) is 10.5. The van der Waals surface area contributed by atoms with Crippen molar-refractivity contribution in [3.8, 4) is 0 Å². The summed E-state index contributed by atoms with van der Waals surface area (Å²) in [5.74, 6) is -2.24. The number of likely N-dealkylation sites (tertiary alicyclic amines) is 1. The second kappa shape index (κ2) is 14.2. The average Bonchev–Trinajstić information content (AvgIpc) is 3.66. The molecular weight excluding hydrogens is 633 g/mol. The van der Waals surface area contributed by atoms with Crippen molar-refractivity contribution in [1.82, 2.24) is 31.2 Å². The van der Waals surface area contributed by atoms with Crippen LogP contribution in [0.5, 0.6) is 0 Å². The predicted molar refractivity (Wildman–Crippen MR) is 176 cm³/mol. The molecule has 1 aliphatic carbocycles. The zero-order valence-corrected chi connectivity index (χ0v) is 28.9. The van der Waals surface area contributed by atoms with Crippen LogP contribution in [0.15, 0.2) is 0 Å². The maximum Gasteiger partial charge on any atom is 0.289 e. The number of ketones is 2. The van der Waals surface area contributed by atoms with Gasteiger partial charge in [0.05, 0.1) is 22.7 Å². The third-order valence-electron chi connectivity index (χ3n) is 8.39. The first-order valence-electron chi connectivity index (χ1n) is 15.5. The van der Waals surface area contributed by atoms with Gasteiger partial charge in [-0.3, -0.25) is 33.6 Å². The molecule has 0 radical (unpaired) electrons. The van der Waals surface area contributed by atoms with Crippen molar-refractivity contribution >= 4 is 64.6 Å². The maximum absolute atomic E-state index is 14.2. The van der Waals surface area contributed by atoms with E-state index in [4.69, 9.17) is 0 Å². The maximum atomic E-state index is 14.2. The molecule has 13 nitrogen and oxygen atoms in total. The Balaban J connectivity index is 1.46. The quantitative estimate of drug-likeness (QED) is 0.170. The molecule has 252 valence electrons. The van der Waals surface area contributed by atoms with Crippen molar-refractivity contribution in [2.24, 2.45) is 5.41 Å². The summed E-state index contributed by atoms with van der Waals surface area (Å²) in [7, 11) is 0. The van der Waals surface area contributed by atoms with Crippen LogP contribution in [0.1, 0.15) is 85.5 Å². The fraction of sp³-hybridized carbons (Fsp3) is 0.645. The molecule has 4 rings (SSSR count). The van der Waals surface area contributed by atoms with E-state index in [-0.39, 0.29) is 29.6 Å². The van der Waals surface area contributed by atoms with Gasteiger partial charge in [0.1, 0.15) is 17.8 Å². The number of thioether (sulfide) groups is 2. The van der Waals surface area contributed by atoms with Crippen molar-refractivity contribution < 1.29 is 33.6 Å². The summed E-state index contributed by atoms with van der Waals surface area (Å²) in [4.78, 5) is 94.8. The highest BCUT2D eigenvalue weighted by Crippen LogP contribution is 2.50. The van der Waals surface area contributed by atoms with Crippen LogP contribution in [0, 0.1) is 19.3 Å². The Bertz CT molecular complexity index is 1420. The van der Waals surface area contributed by atoms with Gasteiger partial charge in [0.25, 0.3) is 11.8 Å². The first-order chi connectivity index (χ1) is 21.5. The molecule has 0 bridgehead atoms. The molecule has 3 heterocycles. The highest BCUT2D eigenvalue weighted by atomic mass is 32.2. The van der Waals surface area contributed by atoms with Gasteiger partial charge in [-0.25, -0.2) is 0 Å². The van der Waals surface area contributed by atoms with Gasteiger partial charge < -0.3 is 31.2 Å². The van der Waals surface area contributed by atoms with E-state index in [0.29, 0.717) is 17.7 Å². The first kappa shape index (κ1) is 35.5. The lowest BCUT2D eigenvalue weighted by Crippen LogP contribution is -2.59. The Kier molecular flexibility index (Phi) is 11.0. The van der Waals surface area contributed by atoms with E-state index in [1.807, 2.05) is 0 Å². The van der Waals surface area contributed by atoms with Crippen LogP contribution >= 0.6 is 23.5 Å². The number of carbonyl (C=O) groups excluding carboxylic acids is 7. The van der Waals surface area contributed by atoms with Gasteiger partial charge in [0.2, 0.25) is 23.5 Å². The number of aromatic nitrogens is 1. The minimum atomic E-state index is -1.05. The van der Waals surface area contributed by atoms with Crippen LogP contribution in [0.2, 0.25) is 0 Å². The molecular formula is C31H44N6O7S2. The fourth-order valence-electron chi connectivity index (χ4n) is 5.59. The van der Waals surface area contributed by atoms with Crippen molar-refractivity contribution in [2.75, 3.05) is 31.1 Å². The van der Waals surface area contributed by atoms with E-state index < -0.39 is 70.0 Å². The lowest BCUT2D eigenvalue weighted by molar-refractivity contribution is -0.144. The number of rotatable bonds is 11. The Morgan fingerprint density at radius 2 is 1.65 bits per heavy atom. The van der Waals surface area contributed by atoms with E-state index in [0.717, 1.165) is 30.8 Å². The monoisotopic (exact) mass is 676 g/mol. The standard InChI is InChI=1S/C31H44N6O7S2/c1-16-17(2)34-24(23(16)18(3)38)28(43)33-14-22(40)36-25(30(4,5)6)29(44)37-15-31(45-10-7-11-46-31)12-20(37)26(41)32-13-21(39)27(42)35-19-8-9-19/h19-20,25,34H,7-15H2,1-6H3,(H,32,41)(H,33,43)(H,35,42)(H,36,40). The topological polar surface area (TPSA) is 187 Å². The largest absolute Gasteiger partial charge is 0.354 e. The number of aryl methyl sites for hydroxylation is 1. The number of hydrogen-bond acceptors (Lipinski definition) is 9. The van der Waals surface area contributed by atoms with E-state index in [1.54, 1.807) is 58.1 Å². The second-order valence-electron chi connectivity index (χ2n) is 13.3. The molecule has 1 aromatic rings. The molecule has 1 saturated carbocycles. The lowest BCUT2D eigenvalue weighted by atomic mass is 9.85. The third-order valence-corrected chi connectivity index (χ3v) is 11.7. The molecule has 5 amide bonds. The predicted octanol–water partition coefficient (Wildman–Crippen LogP) is 1.23. The van der Waals surface area contributed by atoms with Crippen molar-refractivity contribution in [2.45, 2.75) is 89.4 Å². The van der Waals surface area contributed by atoms with Gasteiger partial charge in [0, 0.05) is 24.7 Å². The van der Waals surface area contributed by atoms with Gasteiger partial charge >= 0.3 is 0 Å². The molecule has 2 aliphatic heterocycles. The zero-order chi connectivity index (χ0) is 34.0. The molecule has 0 aromatic carbocycles. The number of H-pyrrole nitrogens is 1. The molecule has 2 atom stereocenters. The van der Waals surface area contributed by atoms with Crippen molar-refractivity contribution in [3.05, 3.63) is 22.5 Å². The fourth-order valence-corrected chi connectivity index (χ4v) is 8.94. The Morgan fingerprint density at radius 1 is 1.00 bits per heavy atom. The van der Waals surface area contributed by atoms with E-state index in [2.05, 4.69) is 26.3 Å². The number of aromatic amines is 1. The molecule has 46 heavy (non-hydrogen) atoms. The Labute approximate surface area is 277 Å². The van der Waals surface area contributed by atoms with E-state index in [9.17, 15) is 33.6 Å². The first-order valence-corrected chi connectivity index (χ1v) is 17.5. The number of hydrogen-bond donors (Lipinski definition) is 5. The molecule has 1 spiro atoms. The SMILES string of the molecule is CC(=O)c1c(C(=O)NCC(=O)NC(C(=O)N2CC3(CC2C(=O)NCC(=O)C(=O)NC2CC2)SCCCS3)C(C)(C)C)[nH]c(C)c1C.